The molecular formula is C23H34IN5O3. The number of rotatable bonds is 9. The number of anilines is 1. The molecule has 0 aliphatic rings. The Kier molecular flexibility index (Phi) is 12.3. The van der Waals surface area contributed by atoms with Gasteiger partial charge in [-0.3, -0.25) is 0 Å². The van der Waals surface area contributed by atoms with Gasteiger partial charge in [0.05, 0.1) is 20.8 Å². The lowest BCUT2D eigenvalue weighted by molar-refractivity contribution is 0.250. The second-order valence-corrected chi connectivity index (χ2v) is 7.19. The molecule has 0 bridgehead atoms. The zero-order valence-corrected chi connectivity index (χ0v) is 21.7. The smallest absolute Gasteiger partial charge is 0.319 e. The lowest BCUT2D eigenvalue weighted by Crippen LogP contribution is -2.36. The number of urea groups is 1. The highest BCUT2D eigenvalue weighted by atomic mass is 127. The van der Waals surface area contributed by atoms with Gasteiger partial charge in [0.1, 0.15) is 0 Å². The van der Waals surface area contributed by atoms with E-state index >= 15 is 0 Å². The van der Waals surface area contributed by atoms with E-state index in [1.165, 1.54) is 0 Å². The number of halogens is 1. The first-order valence-electron chi connectivity index (χ1n) is 10.3. The number of guanidine groups is 1. The minimum atomic E-state index is -0.211. The molecule has 9 heteroatoms. The predicted molar refractivity (Wildman–Crippen MR) is 140 cm³/mol. The first-order valence-corrected chi connectivity index (χ1v) is 10.3. The topological polar surface area (TPSA) is 96.0 Å². The van der Waals surface area contributed by atoms with Crippen molar-refractivity contribution in [1.82, 2.24) is 16.0 Å². The summed E-state index contributed by atoms with van der Waals surface area (Å²) < 4.78 is 10.6. The Morgan fingerprint density at radius 2 is 1.62 bits per heavy atom. The van der Waals surface area contributed by atoms with Crippen molar-refractivity contribution in [2.75, 3.05) is 26.1 Å². The summed E-state index contributed by atoms with van der Waals surface area (Å²) in [4.78, 5) is 16.4. The molecule has 0 saturated carbocycles. The molecule has 2 rings (SSSR count). The van der Waals surface area contributed by atoms with E-state index in [-0.39, 0.29) is 36.0 Å². The average Bonchev–Trinajstić information content (AvgIpc) is 2.75. The van der Waals surface area contributed by atoms with Crippen LogP contribution in [0.5, 0.6) is 11.5 Å². The number of benzene rings is 2. The van der Waals surface area contributed by atoms with Crippen LogP contribution in [0.3, 0.4) is 0 Å². The van der Waals surface area contributed by atoms with Gasteiger partial charge in [0.2, 0.25) is 0 Å². The second kappa shape index (κ2) is 14.4. The Morgan fingerprint density at radius 3 is 2.22 bits per heavy atom. The number of amides is 2. The number of ether oxygens (including phenoxy) is 2. The first-order chi connectivity index (χ1) is 14.9. The minimum absolute atomic E-state index is 0. The van der Waals surface area contributed by atoms with Gasteiger partial charge in [-0.25, -0.2) is 9.79 Å². The SMILES string of the molecule is CCNC(=NCc1ccc(OC)c(OC)c1)NCc1ccc(NC(=O)NC(C)C)cc1.I. The standard InChI is InChI=1S/C23H33N5O3.HI/c1-6-24-22(26-15-18-9-12-20(30-4)21(13-18)31-5)25-14-17-7-10-19(11-8-17)28-23(29)27-16(2)3;/h7-13,16H,6,14-15H2,1-5H3,(H2,24,25,26)(H2,27,28,29);1H. The lowest BCUT2D eigenvalue weighted by Gasteiger charge is -2.13. The highest BCUT2D eigenvalue weighted by Crippen LogP contribution is 2.27. The molecule has 0 aliphatic heterocycles. The summed E-state index contributed by atoms with van der Waals surface area (Å²) in [6, 6.07) is 13.3. The molecule has 2 aromatic rings. The van der Waals surface area contributed by atoms with Gasteiger partial charge in [0.25, 0.3) is 0 Å². The first kappa shape index (κ1) is 27.3. The molecule has 176 valence electrons. The number of aliphatic imine (C=N–C) groups is 1. The van der Waals surface area contributed by atoms with E-state index in [0.717, 1.165) is 29.3 Å². The lowest BCUT2D eigenvalue weighted by atomic mass is 10.2. The van der Waals surface area contributed by atoms with Crippen LogP contribution < -0.4 is 30.7 Å². The van der Waals surface area contributed by atoms with Crippen molar-refractivity contribution in [3.63, 3.8) is 0 Å². The van der Waals surface area contributed by atoms with Crippen LogP contribution in [0.1, 0.15) is 31.9 Å². The Hall–Kier alpha value is -2.69. The number of nitrogens with zero attached hydrogens (tertiary/aromatic N) is 1. The predicted octanol–water partition coefficient (Wildman–Crippen LogP) is 4.11. The van der Waals surface area contributed by atoms with Crippen LogP contribution >= 0.6 is 24.0 Å². The van der Waals surface area contributed by atoms with Gasteiger partial charge in [-0.15, -0.1) is 24.0 Å². The summed E-state index contributed by atoms with van der Waals surface area (Å²) in [5, 5.41) is 12.2. The summed E-state index contributed by atoms with van der Waals surface area (Å²) in [6.45, 7) is 7.73. The zero-order chi connectivity index (χ0) is 22.6. The van der Waals surface area contributed by atoms with E-state index in [4.69, 9.17) is 9.47 Å². The van der Waals surface area contributed by atoms with Gasteiger partial charge in [-0.2, -0.15) is 0 Å². The minimum Gasteiger partial charge on any atom is -0.493 e. The molecule has 0 spiro atoms. The highest BCUT2D eigenvalue weighted by molar-refractivity contribution is 14.0. The van der Waals surface area contributed by atoms with Crippen molar-refractivity contribution in [1.29, 1.82) is 0 Å². The zero-order valence-electron chi connectivity index (χ0n) is 19.3. The third-order valence-corrected chi connectivity index (χ3v) is 4.30. The molecule has 0 aromatic heterocycles. The largest absolute Gasteiger partial charge is 0.493 e. The number of hydrogen-bond donors (Lipinski definition) is 4. The maximum absolute atomic E-state index is 11.8. The number of hydrogen-bond acceptors (Lipinski definition) is 4. The van der Waals surface area contributed by atoms with Crippen LogP contribution in [0.25, 0.3) is 0 Å². The summed E-state index contributed by atoms with van der Waals surface area (Å²) >= 11 is 0. The molecule has 0 unspecified atom stereocenters. The number of nitrogens with one attached hydrogen (secondary N) is 4. The third kappa shape index (κ3) is 9.21. The van der Waals surface area contributed by atoms with E-state index in [1.807, 2.05) is 63.2 Å². The summed E-state index contributed by atoms with van der Waals surface area (Å²) in [7, 11) is 3.24. The van der Waals surface area contributed by atoms with Crippen LogP contribution in [-0.2, 0) is 13.1 Å². The van der Waals surface area contributed by atoms with Crippen LogP contribution in [0.2, 0.25) is 0 Å². The van der Waals surface area contributed by atoms with Gasteiger partial charge in [-0.05, 0) is 56.2 Å². The monoisotopic (exact) mass is 555 g/mol. The van der Waals surface area contributed by atoms with Gasteiger partial charge < -0.3 is 30.7 Å². The van der Waals surface area contributed by atoms with Crippen molar-refractivity contribution in [2.24, 2.45) is 4.99 Å². The van der Waals surface area contributed by atoms with Crippen molar-refractivity contribution in [2.45, 2.75) is 39.9 Å². The van der Waals surface area contributed by atoms with Crippen LogP contribution in [-0.4, -0.2) is 38.8 Å². The van der Waals surface area contributed by atoms with E-state index in [2.05, 4.69) is 26.3 Å². The maximum atomic E-state index is 11.8. The Balaban J connectivity index is 0.00000512. The highest BCUT2D eigenvalue weighted by Gasteiger charge is 2.06. The summed E-state index contributed by atoms with van der Waals surface area (Å²) in [5.74, 6) is 2.10. The van der Waals surface area contributed by atoms with Crippen LogP contribution in [0.15, 0.2) is 47.5 Å². The number of methoxy groups -OCH3 is 2. The molecule has 0 aliphatic carbocycles. The maximum Gasteiger partial charge on any atom is 0.319 e. The van der Waals surface area contributed by atoms with E-state index < -0.39 is 0 Å². The van der Waals surface area contributed by atoms with Gasteiger partial charge in [0.15, 0.2) is 17.5 Å². The normalized spacial score (nSPS) is 10.8. The molecule has 0 saturated heterocycles. The third-order valence-electron chi connectivity index (χ3n) is 4.30. The molecule has 0 fully saturated rings. The fourth-order valence-electron chi connectivity index (χ4n) is 2.81. The van der Waals surface area contributed by atoms with Gasteiger partial charge in [-0.1, -0.05) is 18.2 Å². The number of carbonyl (C=O) groups excluding carboxylic acids is 1. The molecule has 2 aromatic carbocycles. The molecule has 32 heavy (non-hydrogen) atoms. The molecule has 0 atom stereocenters. The van der Waals surface area contributed by atoms with E-state index in [1.54, 1.807) is 14.2 Å². The Bertz CT molecular complexity index is 872. The fraction of sp³-hybridized carbons (Fsp3) is 0.391. The van der Waals surface area contributed by atoms with E-state index in [0.29, 0.717) is 24.6 Å². The number of carbonyl (C=O) groups is 1. The molecule has 0 radical (unpaired) electrons. The van der Waals surface area contributed by atoms with Crippen molar-refractivity contribution in [3.05, 3.63) is 53.6 Å². The van der Waals surface area contributed by atoms with Crippen LogP contribution in [0.4, 0.5) is 10.5 Å². The van der Waals surface area contributed by atoms with E-state index in [9.17, 15) is 4.79 Å². The fourth-order valence-corrected chi connectivity index (χ4v) is 2.81. The summed E-state index contributed by atoms with van der Waals surface area (Å²) in [5.41, 5.74) is 2.84. The Labute approximate surface area is 207 Å². The Morgan fingerprint density at radius 1 is 0.969 bits per heavy atom. The second-order valence-electron chi connectivity index (χ2n) is 7.19. The quantitative estimate of drug-likeness (QED) is 0.212. The molecular weight excluding hydrogens is 521 g/mol. The van der Waals surface area contributed by atoms with Crippen LogP contribution in [0, 0.1) is 0 Å². The van der Waals surface area contributed by atoms with Gasteiger partial charge >= 0.3 is 6.03 Å². The molecule has 4 N–H and O–H groups in total. The molecule has 0 heterocycles. The van der Waals surface area contributed by atoms with Crippen molar-refractivity contribution < 1.29 is 14.3 Å². The summed E-state index contributed by atoms with van der Waals surface area (Å²) in [6.07, 6.45) is 0. The molecule has 2 amide bonds. The van der Waals surface area contributed by atoms with Crippen molar-refractivity contribution in [3.8, 4) is 11.5 Å². The average molecular weight is 555 g/mol. The van der Waals surface area contributed by atoms with Gasteiger partial charge in [0, 0.05) is 24.8 Å². The van der Waals surface area contributed by atoms with Crippen molar-refractivity contribution >= 4 is 41.7 Å². The molecule has 8 nitrogen and oxygen atoms in total.